The van der Waals surface area contributed by atoms with Crippen LogP contribution in [-0.2, 0) is 0 Å². The number of nitrogens with zero attached hydrogens (tertiary/aromatic N) is 3. The minimum absolute atomic E-state index is 0.0674. The SMILES string of the molecule is CN(CC1CCCN1C)c1nc[nH]c(=O)c1I. The summed E-state index contributed by atoms with van der Waals surface area (Å²) in [4.78, 5) is 22.8. The van der Waals surface area contributed by atoms with Gasteiger partial charge in [-0.2, -0.15) is 0 Å². The summed E-state index contributed by atoms with van der Waals surface area (Å²) in [5, 5.41) is 0. The van der Waals surface area contributed by atoms with Gasteiger partial charge in [-0.1, -0.05) is 0 Å². The first-order valence-electron chi connectivity index (χ1n) is 5.74. The molecule has 1 aromatic heterocycles. The summed E-state index contributed by atoms with van der Waals surface area (Å²) in [5.41, 5.74) is -0.0674. The Morgan fingerprint density at radius 2 is 2.47 bits per heavy atom. The molecule has 1 saturated heterocycles. The number of H-pyrrole nitrogens is 1. The Balaban J connectivity index is 2.11. The van der Waals surface area contributed by atoms with E-state index in [1.807, 2.05) is 7.05 Å². The Kier molecular flexibility index (Phi) is 4.03. The number of likely N-dealkylation sites (tertiary alicyclic amines) is 1. The molecule has 94 valence electrons. The molecule has 0 spiro atoms. The van der Waals surface area contributed by atoms with Crippen molar-refractivity contribution in [1.29, 1.82) is 0 Å². The van der Waals surface area contributed by atoms with E-state index in [-0.39, 0.29) is 5.56 Å². The van der Waals surface area contributed by atoms with E-state index in [1.165, 1.54) is 25.7 Å². The molecule has 1 aliphatic heterocycles. The van der Waals surface area contributed by atoms with Gasteiger partial charge < -0.3 is 14.8 Å². The number of hydrogen-bond acceptors (Lipinski definition) is 4. The number of anilines is 1. The van der Waals surface area contributed by atoms with Crippen LogP contribution in [0.3, 0.4) is 0 Å². The average Bonchev–Trinajstić information content (AvgIpc) is 2.68. The second-order valence-corrected chi connectivity index (χ2v) is 5.61. The van der Waals surface area contributed by atoms with E-state index >= 15 is 0 Å². The number of likely N-dealkylation sites (N-methyl/N-ethyl adjacent to an activating group) is 2. The fourth-order valence-electron chi connectivity index (χ4n) is 2.25. The van der Waals surface area contributed by atoms with E-state index < -0.39 is 0 Å². The maximum absolute atomic E-state index is 11.5. The van der Waals surface area contributed by atoms with Crippen LogP contribution < -0.4 is 10.5 Å². The standard InChI is InChI=1S/C11H17IN4O/c1-15-5-3-4-8(15)6-16(2)10-9(12)11(17)14-7-13-10/h7-8H,3-6H2,1-2H3,(H,13,14,17). The van der Waals surface area contributed by atoms with Crippen molar-refractivity contribution in [3.8, 4) is 0 Å². The van der Waals surface area contributed by atoms with Gasteiger partial charge in [0.05, 0.1) is 6.33 Å². The van der Waals surface area contributed by atoms with Crippen LogP contribution in [0.15, 0.2) is 11.1 Å². The Hall–Kier alpha value is -0.630. The molecular weight excluding hydrogens is 331 g/mol. The maximum atomic E-state index is 11.5. The van der Waals surface area contributed by atoms with Crippen molar-refractivity contribution in [3.63, 3.8) is 0 Å². The second-order valence-electron chi connectivity index (χ2n) is 4.53. The first-order valence-corrected chi connectivity index (χ1v) is 6.82. The molecule has 0 bridgehead atoms. The van der Waals surface area contributed by atoms with Crippen LogP contribution in [0.1, 0.15) is 12.8 Å². The van der Waals surface area contributed by atoms with E-state index in [9.17, 15) is 4.79 Å². The third kappa shape index (κ3) is 2.79. The van der Waals surface area contributed by atoms with Gasteiger partial charge in [-0.15, -0.1) is 0 Å². The lowest BCUT2D eigenvalue weighted by molar-refractivity contribution is 0.314. The minimum Gasteiger partial charge on any atom is -0.357 e. The number of aromatic nitrogens is 2. The van der Waals surface area contributed by atoms with Crippen molar-refractivity contribution in [2.45, 2.75) is 18.9 Å². The lowest BCUT2D eigenvalue weighted by Gasteiger charge is -2.26. The molecule has 1 aliphatic rings. The molecule has 1 fully saturated rings. The summed E-state index contributed by atoms with van der Waals surface area (Å²) in [6.07, 6.45) is 3.95. The lowest BCUT2D eigenvalue weighted by Crippen LogP contribution is -2.37. The van der Waals surface area contributed by atoms with Gasteiger partial charge in [-0.25, -0.2) is 4.98 Å². The molecule has 0 amide bonds. The van der Waals surface area contributed by atoms with Gasteiger partial charge in [0.1, 0.15) is 9.39 Å². The van der Waals surface area contributed by atoms with Gasteiger partial charge in [0, 0.05) is 19.6 Å². The normalized spacial score (nSPS) is 20.8. The summed E-state index contributed by atoms with van der Waals surface area (Å²) in [6, 6.07) is 0.567. The van der Waals surface area contributed by atoms with Gasteiger partial charge in [0.15, 0.2) is 0 Å². The Labute approximate surface area is 114 Å². The number of halogens is 1. The van der Waals surface area contributed by atoms with Crippen LogP contribution in [0.4, 0.5) is 5.82 Å². The molecule has 1 unspecified atom stereocenters. The summed E-state index contributed by atoms with van der Waals surface area (Å²) < 4.78 is 0.660. The molecule has 1 atom stereocenters. The van der Waals surface area contributed by atoms with E-state index in [1.54, 1.807) is 0 Å². The van der Waals surface area contributed by atoms with E-state index in [2.05, 4.69) is 49.4 Å². The van der Waals surface area contributed by atoms with Crippen molar-refractivity contribution in [3.05, 3.63) is 20.3 Å². The van der Waals surface area contributed by atoms with Crippen LogP contribution >= 0.6 is 22.6 Å². The zero-order chi connectivity index (χ0) is 12.4. The molecule has 1 N–H and O–H groups in total. The van der Waals surface area contributed by atoms with Gasteiger partial charge in [-0.05, 0) is 49.0 Å². The molecule has 6 heteroatoms. The molecule has 5 nitrogen and oxygen atoms in total. The average molecular weight is 348 g/mol. The van der Waals surface area contributed by atoms with Gasteiger partial charge in [0.25, 0.3) is 5.56 Å². The highest BCUT2D eigenvalue weighted by Crippen LogP contribution is 2.19. The van der Waals surface area contributed by atoms with Crippen LogP contribution in [0.5, 0.6) is 0 Å². The zero-order valence-electron chi connectivity index (χ0n) is 10.1. The summed E-state index contributed by atoms with van der Waals surface area (Å²) in [5.74, 6) is 0.773. The molecule has 2 rings (SSSR count). The Morgan fingerprint density at radius 3 is 3.12 bits per heavy atom. The first-order chi connectivity index (χ1) is 8.09. The molecule has 17 heavy (non-hydrogen) atoms. The number of rotatable bonds is 3. The highest BCUT2D eigenvalue weighted by atomic mass is 127. The first kappa shape index (κ1) is 12.8. The molecular formula is C11H17IN4O. The largest absolute Gasteiger partial charge is 0.357 e. The fourth-order valence-corrected chi connectivity index (χ4v) is 2.96. The topological polar surface area (TPSA) is 52.2 Å². The fraction of sp³-hybridized carbons (Fsp3) is 0.636. The van der Waals surface area contributed by atoms with Crippen molar-refractivity contribution in [2.24, 2.45) is 0 Å². The molecule has 1 aromatic rings. The van der Waals surface area contributed by atoms with Crippen LogP contribution in [0.25, 0.3) is 0 Å². The van der Waals surface area contributed by atoms with E-state index in [0.717, 1.165) is 12.4 Å². The van der Waals surface area contributed by atoms with Crippen molar-refractivity contribution < 1.29 is 0 Å². The molecule has 0 aromatic carbocycles. The smallest absolute Gasteiger partial charge is 0.266 e. The van der Waals surface area contributed by atoms with Gasteiger partial charge >= 0.3 is 0 Å². The molecule has 0 aliphatic carbocycles. The van der Waals surface area contributed by atoms with Gasteiger partial charge in [-0.3, -0.25) is 4.79 Å². The second kappa shape index (κ2) is 5.34. The van der Waals surface area contributed by atoms with Crippen molar-refractivity contribution in [1.82, 2.24) is 14.9 Å². The highest BCUT2D eigenvalue weighted by Gasteiger charge is 2.23. The molecule has 2 heterocycles. The summed E-state index contributed by atoms with van der Waals surface area (Å²) >= 11 is 2.05. The Morgan fingerprint density at radius 1 is 1.71 bits per heavy atom. The predicted molar refractivity (Wildman–Crippen MR) is 76.5 cm³/mol. The monoisotopic (exact) mass is 348 g/mol. The highest BCUT2D eigenvalue weighted by molar-refractivity contribution is 14.1. The van der Waals surface area contributed by atoms with Crippen molar-refractivity contribution >= 4 is 28.4 Å². The third-order valence-electron chi connectivity index (χ3n) is 3.30. The number of hydrogen-bond donors (Lipinski definition) is 1. The van der Waals surface area contributed by atoms with E-state index in [4.69, 9.17) is 0 Å². The maximum Gasteiger partial charge on any atom is 0.266 e. The van der Waals surface area contributed by atoms with Gasteiger partial charge in [0.2, 0.25) is 0 Å². The third-order valence-corrected chi connectivity index (χ3v) is 4.27. The summed E-state index contributed by atoms with van der Waals surface area (Å²) in [6.45, 7) is 2.08. The van der Waals surface area contributed by atoms with Crippen LogP contribution in [-0.4, -0.2) is 48.1 Å². The van der Waals surface area contributed by atoms with Crippen LogP contribution in [0.2, 0.25) is 0 Å². The van der Waals surface area contributed by atoms with Crippen molar-refractivity contribution in [2.75, 3.05) is 32.1 Å². The molecule has 0 radical (unpaired) electrons. The van der Waals surface area contributed by atoms with Crippen LogP contribution in [0, 0.1) is 3.57 Å². The predicted octanol–water partition coefficient (Wildman–Crippen LogP) is 0.905. The summed E-state index contributed by atoms with van der Waals surface area (Å²) in [7, 11) is 4.15. The molecule has 0 saturated carbocycles. The number of nitrogens with one attached hydrogen (secondary N) is 1. The quantitative estimate of drug-likeness (QED) is 0.825. The lowest BCUT2D eigenvalue weighted by atomic mass is 10.2. The Bertz CT molecular complexity index is 447. The minimum atomic E-state index is -0.0674. The van der Waals surface area contributed by atoms with E-state index in [0.29, 0.717) is 9.61 Å². The number of aromatic amines is 1. The zero-order valence-corrected chi connectivity index (χ0v) is 12.3.